The van der Waals surface area contributed by atoms with E-state index >= 15 is 0 Å². The van der Waals surface area contributed by atoms with Gasteiger partial charge in [0.05, 0.1) is 12.3 Å². The molecular weight excluding hydrogens is 306 g/mol. The van der Waals surface area contributed by atoms with Crippen LogP contribution in [0.3, 0.4) is 0 Å². The lowest BCUT2D eigenvalue weighted by atomic mass is 9.96. The Morgan fingerprint density at radius 2 is 1.91 bits per heavy atom. The second kappa shape index (κ2) is 9.50. The Labute approximate surface area is 144 Å². The minimum absolute atomic E-state index is 0.495. The van der Waals surface area contributed by atoms with Gasteiger partial charge in [0.15, 0.2) is 5.11 Å². The first-order valence-corrected chi connectivity index (χ1v) is 8.94. The molecule has 0 radical (unpaired) electrons. The fraction of sp³-hybridized carbons (Fsp3) is 0.556. The summed E-state index contributed by atoms with van der Waals surface area (Å²) in [5.41, 5.74) is 4.91. The van der Waals surface area contributed by atoms with E-state index in [9.17, 15) is 0 Å². The van der Waals surface area contributed by atoms with Crippen molar-refractivity contribution in [2.24, 2.45) is 5.10 Å². The van der Waals surface area contributed by atoms with Gasteiger partial charge in [-0.3, -0.25) is 5.43 Å². The third-order valence-corrected chi connectivity index (χ3v) is 4.22. The van der Waals surface area contributed by atoms with Crippen LogP contribution in [0.2, 0.25) is 0 Å². The van der Waals surface area contributed by atoms with Crippen LogP contribution in [0.15, 0.2) is 29.4 Å². The van der Waals surface area contributed by atoms with Crippen LogP contribution < -0.4 is 15.5 Å². The van der Waals surface area contributed by atoms with Crippen LogP contribution in [0.4, 0.5) is 0 Å². The highest BCUT2D eigenvalue weighted by Gasteiger charge is 2.13. The molecule has 1 fully saturated rings. The monoisotopic (exact) mass is 333 g/mol. The van der Waals surface area contributed by atoms with Crippen molar-refractivity contribution in [1.29, 1.82) is 0 Å². The molecule has 126 valence electrons. The van der Waals surface area contributed by atoms with E-state index in [0.29, 0.717) is 11.2 Å². The summed E-state index contributed by atoms with van der Waals surface area (Å²) >= 11 is 5.32. The topological polar surface area (TPSA) is 45.6 Å². The fourth-order valence-corrected chi connectivity index (χ4v) is 2.89. The predicted molar refractivity (Wildman–Crippen MR) is 100 cm³/mol. The quantitative estimate of drug-likeness (QED) is 0.469. The molecule has 2 N–H and O–H groups in total. The van der Waals surface area contributed by atoms with E-state index in [1.807, 2.05) is 31.2 Å². The van der Waals surface area contributed by atoms with Crippen molar-refractivity contribution < 1.29 is 4.74 Å². The van der Waals surface area contributed by atoms with Crippen LogP contribution >= 0.6 is 12.2 Å². The first-order valence-electron chi connectivity index (χ1n) is 8.53. The minimum atomic E-state index is 0.495. The molecule has 0 spiro atoms. The summed E-state index contributed by atoms with van der Waals surface area (Å²) in [6.45, 7) is 4.81. The largest absolute Gasteiger partial charge is 0.494 e. The van der Waals surface area contributed by atoms with E-state index in [2.05, 4.69) is 22.8 Å². The number of thiocarbonyl (C=S) groups is 1. The van der Waals surface area contributed by atoms with E-state index in [0.717, 1.165) is 30.1 Å². The molecule has 0 unspecified atom stereocenters. The number of hydrogen-bond donors (Lipinski definition) is 2. The lowest BCUT2D eigenvalue weighted by molar-refractivity contribution is 0.317. The normalized spacial score (nSPS) is 16.0. The van der Waals surface area contributed by atoms with Crippen molar-refractivity contribution >= 4 is 23.0 Å². The molecule has 1 aliphatic carbocycles. The van der Waals surface area contributed by atoms with Gasteiger partial charge in [0, 0.05) is 6.04 Å². The molecule has 1 aromatic carbocycles. The average molecular weight is 334 g/mol. The molecular formula is C18H27N3OS. The third-order valence-electron chi connectivity index (χ3n) is 4.01. The average Bonchev–Trinajstić information content (AvgIpc) is 2.59. The number of rotatable bonds is 6. The molecule has 5 heteroatoms. The van der Waals surface area contributed by atoms with E-state index in [1.54, 1.807) is 0 Å². The second-order valence-electron chi connectivity index (χ2n) is 5.99. The summed E-state index contributed by atoms with van der Waals surface area (Å²) in [6, 6.07) is 8.48. The molecule has 1 aliphatic rings. The predicted octanol–water partition coefficient (Wildman–Crippen LogP) is 4.00. The van der Waals surface area contributed by atoms with Gasteiger partial charge in [-0.15, -0.1) is 0 Å². The first kappa shape index (κ1) is 17.7. The van der Waals surface area contributed by atoms with Crippen LogP contribution in [0.5, 0.6) is 5.75 Å². The fourth-order valence-electron chi connectivity index (χ4n) is 2.68. The summed E-state index contributed by atoms with van der Waals surface area (Å²) in [5.74, 6) is 0.894. The van der Waals surface area contributed by atoms with Gasteiger partial charge in [-0.2, -0.15) is 5.10 Å². The summed E-state index contributed by atoms with van der Waals surface area (Å²) in [4.78, 5) is 0. The van der Waals surface area contributed by atoms with Gasteiger partial charge in [0.2, 0.25) is 0 Å². The molecule has 0 heterocycles. The number of ether oxygens (including phenoxy) is 1. The van der Waals surface area contributed by atoms with Gasteiger partial charge in [-0.1, -0.05) is 26.2 Å². The molecule has 4 nitrogen and oxygen atoms in total. The minimum Gasteiger partial charge on any atom is -0.494 e. The Kier molecular flexibility index (Phi) is 7.33. The molecule has 1 aromatic rings. The maximum Gasteiger partial charge on any atom is 0.187 e. The highest BCUT2D eigenvalue weighted by atomic mass is 32.1. The van der Waals surface area contributed by atoms with E-state index in [1.165, 1.54) is 32.1 Å². The zero-order chi connectivity index (χ0) is 16.5. The standard InChI is InChI=1S/C18H27N3OS/c1-3-13-22-17-11-9-15(10-12-17)14(2)20-21-18(23)19-16-7-5-4-6-8-16/h9-12,16H,3-8,13H2,1-2H3,(H2,19,21,23)/b20-14-. The first-order chi connectivity index (χ1) is 11.2. The summed E-state index contributed by atoms with van der Waals surface area (Å²) < 4.78 is 5.59. The SMILES string of the molecule is CCCOc1ccc(/C(C)=N\NC(=S)NC2CCCCC2)cc1. The molecule has 0 aromatic heterocycles. The maximum absolute atomic E-state index is 5.59. The number of benzene rings is 1. The molecule has 0 bridgehead atoms. The number of hydrazone groups is 1. The van der Waals surface area contributed by atoms with E-state index in [4.69, 9.17) is 17.0 Å². The molecule has 0 saturated heterocycles. The lowest BCUT2D eigenvalue weighted by Crippen LogP contribution is -2.41. The Morgan fingerprint density at radius 1 is 1.22 bits per heavy atom. The summed E-state index contributed by atoms with van der Waals surface area (Å²) in [6.07, 6.45) is 7.32. The zero-order valence-corrected chi connectivity index (χ0v) is 14.9. The van der Waals surface area contributed by atoms with Gasteiger partial charge in [0.1, 0.15) is 5.75 Å². The van der Waals surface area contributed by atoms with Crippen LogP contribution in [0.25, 0.3) is 0 Å². The number of nitrogens with one attached hydrogen (secondary N) is 2. The lowest BCUT2D eigenvalue weighted by Gasteiger charge is -2.23. The van der Waals surface area contributed by atoms with Crippen molar-refractivity contribution in [3.63, 3.8) is 0 Å². The Hall–Kier alpha value is -1.62. The Balaban J connectivity index is 1.82. The van der Waals surface area contributed by atoms with E-state index < -0.39 is 0 Å². The summed E-state index contributed by atoms with van der Waals surface area (Å²) in [7, 11) is 0. The van der Waals surface area contributed by atoms with Crippen LogP contribution in [0.1, 0.15) is 57.9 Å². The van der Waals surface area contributed by atoms with Gasteiger partial charge in [-0.25, -0.2) is 0 Å². The Bertz CT molecular complexity index is 522. The van der Waals surface area contributed by atoms with Crippen molar-refractivity contribution in [3.05, 3.63) is 29.8 Å². The summed E-state index contributed by atoms with van der Waals surface area (Å²) in [5, 5.41) is 8.34. The van der Waals surface area contributed by atoms with Crippen molar-refractivity contribution in [3.8, 4) is 5.75 Å². The van der Waals surface area contributed by atoms with Crippen molar-refractivity contribution in [1.82, 2.24) is 10.7 Å². The highest BCUT2D eigenvalue weighted by molar-refractivity contribution is 7.80. The van der Waals surface area contributed by atoms with Gasteiger partial charge in [-0.05, 0) is 68.2 Å². The highest BCUT2D eigenvalue weighted by Crippen LogP contribution is 2.17. The molecule has 0 aliphatic heterocycles. The van der Waals surface area contributed by atoms with Crippen LogP contribution in [-0.2, 0) is 0 Å². The van der Waals surface area contributed by atoms with Gasteiger partial charge in [0.25, 0.3) is 0 Å². The van der Waals surface area contributed by atoms with Gasteiger partial charge < -0.3 is 10.1 Å². The molecule has 0 amide bonds. The van der Waals surface area contributed by atoms with Crippen LogP contribution in [0, 0.1) is 0 Å². The smallest absolute Gasteiger partial charge is 0.187 e. The zero-order valence-electron chi connectivity index (χ0n) is 14.1. The third kappa shape index (κ3) is 6.18. The molecule has 23 heavy (non-hydrogen) atoms. The Morgan fingerprint density at radius 3 is 2.57 bits per heavy atom. The molecule has 2 rings (SSSR count). The molecule has 1 saturated carbocycles. The van der Waals surface area contributed by atoms with Crippen molar-refractivity contribution in [2.75, 3.05) is 6.61 Å². The van der Waals surface area contributed by atoms with Crippen molar-refractivity contribution in [2.45, 2.75) is 58.4 Å². The van der Waals surface area contributed by atoms with Gasteiger partial charge >= 0.3 is 0 Å². The molecule has 0 atom stereocenters. The second-order valence-corrected chi connectivity index (χ2v) is 6.40. The van der Waals surface area contributed by atoms with Crippen LogP contribution in [-0.4, -0.2) is 23.5 Å². The van der Waals surface area contributed by atoms with E-state index in [-0.39, 0.29) is 0 Å². The maximum atomic E-state index is 5.59. The number of hydrogen-bond acceptors (Lipinski definition) is 3. The number of nitrogens with zero attached hydrogens (tertiary/aromatic N) is 1.